The van der Waals surface area contributed by atoms with Crippen LogP contribution in [0.2, 0.25) is 5.02 Å². The van der Waals surface area contributed by atoms with Crippen LogP contribution in [0.5, 0.6) is 0 Å². The fourth-order valence-electron chi connectivity index (χ4n) is 3.79. The van der Waals surface area contributed by atoms with E-state index in [2.05, 4.69) is 15.5 Å². The maximum atomic E-state index is 13.3. The van der Waals surface area contributed by atoms with Crippen LogP contribution in [0.25, 0.3) is 0 Å². The van der Waals surface area contributed by atoms with Crippen LogP contribution in [0.15, 0.2) is 54.6 Å². The van der Waals surface area contributed by atoms with Gasteiger partial charge in [0.05, 0.1) is 11.1 Å². The van der Waals surface area contributed by atoms with Gasteiger partial charge in [-0.15, -0.1) is 10.2 Å². The summed E-state index contributed by atoms with van der Waals surface area (Å²) in [6.45, 7) is 3.01. The zero-order valence-corrected chi connectivity index (χ0v) is 19.4. The number of aryl methyl sites for hydroxylation is 1. The van der Waals surface area contributed by atoms with Crippen LogP contribution >= 0.6 is 11.6 Å². The van der Waals surface area contributed by atoms with Gasteiger partial charge < -0.3 is 15.1 Å². The monoisotopic (exact) mass is 503 g/mol. The molecule has 0 atom stereocenters. The lowest BCUT2D eigenvalue weighted by Gasteiger charge is -2.35. The molecule has 0 saturated carbocycles. The first-order valence-electron chi connectivity index (χ1n) is 10.7. The van der Waals surface area contributed by atoms with Gasteiger partial charge in [-0.3, -0.25) is 9.59 Å². The summed E-state index contributed by atoms with van der Waals surface area (Å²) in [7, 11) is 0. The van der Waals surface area contributed by atoms with E-state index in [1.165, 1.54) is 23.1 Å². The Bertz CT molecular complexity index is 1240. The Morgan fingerprint density at radius 3 is 2.31 bits per heavy atom. The van der Waals surface area contributed by atoms with Gasteiger partial charge in [0.1, 0.15) is 0 Å². The van der Waals surface area contributed by atoms with Crippen molar-refractivity contribution in [1.29, 1.82) is 0 Å². The maximum absolute atomic E-state index is 13.3. The molecule has 1 aliphatic rings. The molecule has 0 aliphatic carbocycles. The van der Waals surface area contributed by atoms with E-state index in [-0.39, 0.29) is 24.3 Å². The Morgan fingerprint density at radius 1 is 0.971 bits per heavy atom. The van der Waals surface area contributed by atoms with Gasteiger partial charge in [-0.1, -0.05) is 23.7 Å². The van der Waals surface area contributed by atoms with E-state index < -0.39 is 23.6 Å². The van der Waals surface area contributed by atoms with Gasteiger partial charge in [-0.25, -0.2) is 0 Å². The van der Waals surface area contributed by atoms with Crippen LogP contribution < -0.4 is 10.2 Å². The predicted octanol–water partition coefficient (Wildman–Crippen LogP) is 4.67. The molecule has 0 unspecified atom stereocenters. The molecule has 2 amide bonds. The highest BCUT2D eigenvalue weighted by molar-refractivity contribution is 6.30. The summed E-state index contributed by atoms with van der Waals surface area (Å²) in [5, 5.41) is 11.4. The number of halogens is 4. The van der Waals surface area contributed by atoms with Gasteiger partial charge in [0.25, 0.3) is 11.8 Å². The Kier molecular flexibility index (Phi) is 6.93. The molecule has 3 aromatic rings. The lowest BCUT2D eigenvalue weighted by Crippen LogP contribution is -2.49. The highest BCUT2D eigenvalue weighted by Gasteiger charge is 2.36. The number of carbonyl (C=O) groups is 2. The molecule has 35 heavy (non-hydrogen) atoms. The number of benzene rings is 2. The number of hydrogen-bond donors (Lipinski definition) is 1. The van der Waals surface area contributed by atoms with E-state index >= 15 is 0 Å². The number of aromatic nitrogens is 2. The number of hydrogen-bond acceptors (Lipinski definition) is 5. The van der Waals surface area contributed by atoms with Crippen molar-refractivity contribution in [3.8, 4) is 0 Å². The fourth-order valence-corrected chi connectivity index (χ4v) is 4.02. The normalized spacial score (nSPS) is 14.1. The second kappa shape index (κ2) is 9.91. The molecule has 0 radical (unpaired) electrons. The molecule has 0 bridgehead atoms. The topological polar surface area (TPSA) is 78.4 Å². The number of piperazine rings is 1. The summed E-state index contributed by atoms with van der Waals surface area (Å²) in [6.07, 6.45) is -4.61. The Morgan fingerprint density at radius 2 is 1.69 bits per heavy atom. The van der Waals surface area contributed by atoms with E-state index in [0.717, 1.165) is 11.6 Å². The third kappa shape index (κ3) is 5.54. The van der Waals surface area contributed by atoms with Crippen molar-refractivity contribution in [2.45, 2.75) is 13.1 Å². The molecular weight excluding hydrogens is 483 g/mol. The van der Waals surface area contributed by atoms with Crippen molar-refractivity contribution >= 4 is 34.9 Å². The van der Waals surface area contributed by atoms with Gasteiger partial charge in [-0.2, -0.15) is 13.2 Å². The molecule has 4 rings (SSSR count). The minimum absolute atomic E-state index is 0.126. The van der Waals surface area contributed by atoms with Crippen LogP contribution in [0.1, 0.15) is 32.0 Å². The van der Waals surface area contributed by atoms with E-state index in [4.69, 9.17) is 11.6 Å². The standard InChI is InChI=1S/C24H21ClF3N5O2/c1-15-14-16(25)6-7-19(15)29-22(34)20-8-9-21(31-30-20)32-10-12-33(13-11-32)23(35)17-4-2-3-5-18(17)24(26,27)28/h2-9,14H,10-13H2,1H3,(H,29,34). The Balaban J connectivity index is 1.38. The van der Waals surface area contributed by atoms with Crippen molar-refractivity contribution in [2.75, 3.05) is 36.4 Å². The van der Waals surface area contributed by atoms with Gasteiger partial charge in [0.2, 0.25) is 0 Å². The molecule has 1 aliphatic heterocycles. The van der Waals surface area contributed by atoms with Gasteiger partial charge in [0, 0.05) is 36.9 Å². The average molecular weight is 504 g/mol. The van der Waals surface area contributed by atoms with Crippen LogP contribution in [0.3, 0.4) is 0 Å². The van der Waals surface area contributed by atoms with Gasteiger partial charge in [-0.05, 0) is 55.0 Å². The minimum Gasteiger partial charge on any atom is -0.352 e. The first kappa shape index (κ1) is 24.5. The molecule has 182 valence electrons. The number of nitrogens with one attached hydrogen (secondary N) is 1. The largest absolute Gasteiger partial charge is 0.417 e. The van der Waals surface area contributed by atoms with E-state index in [0.29, 0.717) is 29.6 Å². The summed E-state index contributed by atoms with van der Waals surface area (Å²) in [5.41, 5.74) is 0.236. The molecular formula is C24H21ClF3N5O2. The Hall–Kier alpha value is -3.66. The molecule has 11 heteroatoms. The molecule has 1 N–H and O–H groups in total. The quantitative estimate of drug-likeness (QED) is 0.559. The van der Waals surface area contributed by atoms with Crippen molar-refractivity contribution in [3.05, 3.63) is 82.0 Å². The minimum atomic E-state index is -4.61. The SMILES string of the molecule is Cc1cc(Cl)ccc1NC(=O)c1ccc(N2CCN(C(=O)c3ccccc3C(F)(F)F)CC2)nn1. The summed E-state index contributed by atoms with van der Waals surface area (Å²) in [6, 6.07) is 13.1. The second-order valence-electron chi connectivity index (χ2n) is 8.01. The average Bonchev–Trinajstić information content (AvgIpc) is 2.85. The summed E-state index contributed by atoms with van der Waals surface area (Å²) >= 11 is 5.94. The van der Waals surface area contributed by atoms with Crippen LogP contribution in [0.4, 0.5) is 24.7 Å². The summed E-state index contributed by atoms with van der Waals surface area (Å²) in [4.78, 5) is 28.5. The lowest BCUT2D eigenvalue weighted by atomic mass is 10.1. The predicted molar refractivity (Wildman–Crippen MR) is 126 cm³/mol. The van der Waals surface area contributed by atoms with Crippen molar-refractivity contribution in [2.24, 2.45) is 0 Å². The smallest absolute Gasteiger partial charge is 0.352 e. The number of nitrogens with zero attached hydrogens (tertiary/aromatic N) is 4. The van der Waals surface area contributed by atoms with E-state index in [9.17, 15) is 22.8 Å². The second-order valence-corrected chi connectivity index (χ2v) is 8.45. The molecule has 1 aromatic heterocycles. The summed E-state index contributed by atoms with van der Waals surface area (Å²) < 4.78 is 39.8. The van der Waals surface area contributed by atoms with Crippen LogP contribution in [0, 0.1) is 6.92 Å². The Labute approximate surface area is 204 Å². The highest BCUT2D eigenvalue weighted by Crippen LogP contribution is 2.32. The number of carbonyl (C=O) groups excluding carboxylic acids is 2. The number of alkyl halides is 3. The van der Waals surface area contributed by atoms with Gasteiger partial charge >= 0.3 is 6.18 Å². The molecule has 0 spiro atoms. The summed E-state index contributed by atoms with van der Waals surface area (Å²) in [5.74, 6) is -0.576. The first-order chi connectivity index (χ1) is 16.6. The first-order valence-corrected chi connectivity index (χ1v) is 11.1. The molecule has 2 heterocycles. The molecule has 2 aromatic carbocycles. The third-order valence-corrected chi connectivity index (χ3v) is 5.91. The number of anilines is 2. The number of rotatable bonds is 4. The molecule has 7 nitrogen and oxygen atoms in total. The number of amides is 2. The molecule has 1 fully saturated rings. The van der Waals surface area contributed by atoms with E-state index in [1.54, 1.807) is 30.3 Å². The van der Waals surface area contributed by atoms with E-state index in [1.807, 2.05) is 11.8 Å². The van der Waals surface area contributed by atoms with Crippen LogP contribution in [-0.2, 0) is 6.18 Å². The lowest BCUT2D eigenvalue weighted by molar-refractivity contribution is -0.138. The zero-order valence-electron chi connectivity index (χ0n) is 18.6. The maximum Gasteiger partial charge on any atom is 0.417 e. The zero-order chi connectivity index (χ0) is 25.2. The third-order valence-electron chi connectivity index (χ3n) is 5.67. The molecule has 1 saturated heterocycles. The van der Waals surface area contributed by atoms with Crippen molar-refractivity contribution in [1.82, 2.24) is 15.1 Å². The van der Waals surface area contributed by atoms with Crippen molar-refractivity contribution in [3.63, 3.8) is 0 Å². The van der Waals surface area contributed by atoms with Crippen molar-refractivity contribution < 1.29 is 22.8 Å². The van der Waals surface area contributed by atoms with Crippen LogP contribution in [-0.4, -0.2) is 53.1 Å². The highest BCUT2D eigenvalue weighted by atomic mass is 35.5. The van der Waals surface area contributed by atoms with Gasteiger partial charge in [0.15, 0.2) is 11.5 Å². The fraction of sp³-hybridized carbons (Fsp3) is 0.250.